The Labute approximate surface area is 81.3 Å². The number of nitrogens with zero attached hydrogens (tertiary/aromatic N) is 1. The van der Waals surface area contributed by atoms with Gasteiger partial charge in [-0.05, 0) is 6.42 Å². The molecule has 13 heavy (non-hydrogen) atoms. The summed E-state index contributed by atoms with van der Waals surface area (Å²) in [4.78, 5) is 23.6. The molecule has 0 bridgehead atoms. The number of imide groups is 1. The van der Waals surface area contributed by atoms with Gasteiger partial charge in [0.15, 0.2) is 6.10 Å². The topological polar surface area (TPSA) is 57.3 Å². The second kappa shape index (κ2) is 4.62. The van der Waals surface area contributed by atoms with Crippen LogP contribution in [0, 0.1) is 0 Å². The van der Waals surface area contributed by atoms with Crippen LogP contribution in [0.25, 0.3) is 0 Å². The minimum absolute atomic E-state index is 0.226. The maximum Gasteiger partial charge on any atom is 0.261 e. The Morgan fingerprint density at radius 1 is 1.69 bits per heavy atom. The smallest absolute Gasteiger partial charge is 0.261 e. The van der Waals surface area contributed by atoms with Gasteiger partial charge >= 0.3 is 0 Å². The number of thioether (sulfide) groups is 1. The van der Waals surface area contributed by atoms with Crippen LogP contribution in [0.2, 0.25) is 0 Å². The van der Waals surface area contributed by atoms with Crippen LogP contribution in [-0.4, -0.2) is 40.9 Å². The van der Waals surface area contributed by atoms with Crippen molar-refractivity contribution in [3.8, 4) is 0 Å². The molecule has 1 aliphatic heterocycles. The van der Waals surface area contributed by atoms with E-state index in [0.717, 1.165) is 10.7 Å². The van der Waals surface area contributed by atoms with Gasteiger partial charge in [0.1, 0.15) is 0 Å². The van der Waals surface area contributed by atoms with Crippen LogP contribution in [0.3, 0.4) is 0 Å². The second-order valence-electron chi connectivity index (χ2n) is 2.83. The van der Waals surface area contributed by atoms with E-state index < -0.39 is 12.0 Å². The summed E-state index contributed by atoms with van der Waals surface area (Å²) in [6, 6.07) is 0. The molecule has 1 saturated heterocycles. The first-order chi connectivity index (χ1) is 6.16. The molecule has 2 amide bonds. The van der Waals surface area contributed by atoms with Gasteiger partial charge in [0.25, 0.3) is 5.91 Å². The summed E-state index contributed by atoms with van der Waals surface area (Å²) in [6.07, 6.45) is -1.03. The highest BCUT2D eigenvalue weighted by Gasteiger charge is 2.29. The van der Waals surface area contributed by atoms with Crippen molar-refractivity contribution >= 4 is 23.6 Å². The molecule has 1 aliphatic rings. The third kappa shape index (κ3) is 2.45. The number of hydrogen-bond donors (Lipinski definition) is 0. The first-order valence-corrected chi connectivity index (χ1v) is 5.40. The molecule has 1 rings (SSSR count). The molecule has 73 valence electrons. The minimum atomic E-state index is -1.27. The third-order valence-corrected chi connectivity index (χ3v) is 2.82. The fraction of sp³-hybridized carbons (Fsp3) is 0.750. The molecule has 4 nitrogen and oxygen atoms in total. The second-order valence-corrected chi connectivity index (χ2v) is 3.94. The van der Waals surface area contributed by atoms with Crippen LogP contribution in [-0.2, 0) is 14.7 Å². The standard InChI is InChI=1S/C8H12NO3S/c1-2-6(10)8(12)9-3-4-13-5-7(9)11/h6H,2-5H2,1H3. The van der Waals surface area contributed by atoms with Crippen LogP contribution in [0.15, 0.2) is 0 Å². The van der Waals surface area contributed by atoms with E-state index in [4.69, 9.17) is 0 Å². The lowest BCUT2D eigenvalue weighted by atomic mass is 10.2. The molecule has 1 heterocycles. The van der Waals surface area contributed by atoms with Crippen LogP contribution < -0.4 is 0 Å². The van der Waals surface area contributed by atoms with Crippen LogP contribution in [0.4, 0.5) is 0 Å². The van der Waals surface area contributed by atoms with Crippen molar-refractivity contribution in [2.24, 2.45) is 0 Å². The Bertz CT molecular complexity index is 219. The molecule has 0 aromatic heterocycles. The number of carbonyl (C=O) groups is 2. The van der Waals surface area contributed by atoms with Gasteiger partial charge in [0, 0.05) is 12.3 Å². The van der Waals surface area contributed by atoms with E-state index in [1.54, 1.807) is 6.92 Å². The van der Waals surface area contributed by atoms with E-state index in [1.165, 1.54) is 11.8 Å². The molecule has 0 aromatic rings. The summed E-state index contributed by atoms with van der Waals surface area (Å²) >= 11 is 1.50. The molecular formula is C8H12NO3S. The average molecular weight is 202 g/mol. The molecule has 0 saturated carbocycles. The van der Waals surface area contributed by atoms with E-state index in [1.807, 2.05) is 0 Å². The molecule has 0 aliphatic carbocycles. The Morgan fingerprint density at radius 2 is 2.38 bits per heavy atom. The van der Waals surface area contributed by atoms with Crippen LogP contribution in [0.1, 0.15) is 13.3 Å². The van der Waals surface area contributed by atoms with E-state index in [2.05, 4.69) is 0 Å². The fourth-order valence-corrected chi connectivity index (χ4v) is 1.89. The van der Waals surface area contributed by atoms with Crippen LogP contribution >= 0.6 is 11.8 Å². The van der Waals surface area contributed by atoms with Crippen molar-refractivity contribution in [1.29, 1.82) is 0 Å². The SMILES string of the molecule is CCC([O])C(=O)N1CCSCC1=O. The lowest BCUT2D eigenvalue weighted by molar-refractivity contribution is -0.151. The van der Waals surface area contributed by atoms with Crippen molar-refractivity contribution in [2.75, 3.05) is 18.1 Å². The first kappa shape index (κ1) is 10.5. The number of amides is 2. The van der Waals surface area contributed by atoms with E-state index >= 15 is 0 Å². The summed E-state index contributed by atoms with van der Waals surface area (Å²) in [6.45, 7) is 2.04. The van der Waals surface area contributed by atoms with Gasteiger partial charge < -0.3 is 0 Å². The largest absolute Gasteiger partial charge is 0.279 e. The van der Waals surface area contributed by atoms with E-state index in [-0.39, 0.29) is 12.3 Å². The van der Waals surface area contributed by atoms with Gasteiger partial charge in [-0.15, -0.1) is 0 Å². The zero-order chi connectivity index (χ0) is 9.84. The van der Waals surface area contributed by atoms with Gasteiger partial charge in [-0.1, -0.05) is 6.92 Å². The maximum atomic E-state index is 11.3. The zero-order valence-electron chi connectivity index (χ0n) is 7.49. The molecule has 1 fully saturated rings. The Hall–Kier alpha value is -0.550. The molecule has 1 atom stereocenters. The van der Waals surface area contributed by atoms with Crippen molar-refractivity contribution in [3.05, 3.63) is 0 Å². The van der Waals surface area contributed by atoms with E-state index in [0.29, 0.717) is 12.3 Å². The molecule has 1 radical (unpaired) electrons. The monoisotopic (exact) mass is 202 g/mol. The van der Waals surface area contributed by atoms with Crippen molar-refractivity contribution in [2.45, 2.75) is 19.4 Å². The fourth-order valence-electron chi connectivity index (χ4n) is 1.10. The summed E-state index contributed by atoms with van der Waals surface area (Å²) in [5.41, 5.74) is 0. The Balaban J connectivity index is 2.58. The van der Waals surface area contributed by atoms with Crippen molar-refractivity contribution < 1.29 is 14.7 Å². The number of hydrogen-bond acceptors (Lipinski definition) is 3. The summed E-state index contributed by atoms with van der Waals surface area (Å²) in [5, 5.41) is 11.1. The normalized spacial score (nSPS) is 20.2. The summed E-state index contributed by atoms with van der Waals surface area (Å²) in [7, 11) is 0. The maximum absolute atomic E-state index is 11.3. The quantitative estimate of drug-likeness (QED) is 0.647. The Kier molecular flexibility index (Phi) is 3.74. The van der Waals surface area contributed by atoms with Crippen molar-refractivity contribution in [3.63, 3.8) is 0 Å². The lowest BCUT2D eigenvalue weighted by Crippen LogP contribution is -2.46. The highest BCUT2D eigenvalue weighted by Crippen LogP contribution is 2.12. The Morgan fingerprint density at radius 3 is 2.92 bits per heavy atom. The summed E-state index contributed by atoms with van der Waals surface area (Å²) in [5.74, 6) is 0.277. The molecule has 0 aromatic carbocycles. The highest BCUT2D eigenvalue weighted by molar-refractivity contribution is 8.00. The molecular weight excluding hydrogens is 190 g/mol. The third-order valence-electron chi connectivity index (χ3n) is 1.90. The number of rotatable bonds is 2. The molecule has 5 heteroatoms. The number of carbonyl (C=O) groups excluding carboxylic acids is 2. The van der Waals surface area contributed by atoms with Gasteiger partial charge in [-0.2, -0.15) is 11.8 Å². The van der Waals surface area contributed by atoms with Gasteiger partial charge in [-0.3, -0.25) is 14.5 Å². The molecule has 0 spiro atoms. The zero-order valence-corrected chi connectivity index (χ0v) is 8.30. The van der Waals surface area contributed by atoms with Gasteiger partial charge in [0.2, 0.25) is 5.91 Å². The van der Waals surface area contributed by atoms with Crippen LogP contribution in [0.5, 0.6) is 0 Å². The molecule has 0 N–H and O–H groups in total. The average Bonchev–Trinajstić information content (AvgIpc) is 2.16. The first-order valence-electron chi connectivity index (χ1n) is 4.24. The predicted molar refractivity (Wildman–Crippen MR) is 48.8 cm³/mol. The predicted octanol–water partition coefficient (Wildman–Crippen LogP) is 0.297. The minimum Gasteiger partial charge on any atom is -0.279 e. The lowest BCUT2D eigenvalue weighted by Gasteiger charge is -2.25. The van der Waals surface area contributed by atoms with Gasteiger partial charge in [0.05, 0.1) is 5.75 Å². The van der Waals surface area contributed by atoms with E-state index in [9.17, 15) is 14.7 Å². The summed E-state index contributed by atoms with van der Waals surface area (Å²) < 4.78 is 0. The molecule has 1 unspecified atom stereocenters. The van der Waals surface area contributed by atoms with Gasteiger partial charge in [-0.25, -0.2) is 5.11 Å². The highest BCUT2D eigenvalue weighted by atomic mass is 32.2. The van der Waals surface area contributed by atoms with Crippen molar-refractivity contribution in [1.82, 2.24) is 4.90 Å².